The smallest absolute Gasteiger partial charge is 0.268 e. The Kier molecular flexibility index (Phi) is 5.43. The lowest BCUT2D eigenvalue weighted by Gasteiger charge is -2.04. The first kappa shape index (κ1) is 17.8. The van der Waals surface area contributed by atoms with Crippen molar-refractivity contribution >= 4 is 40.1 Å². The molecule has 0 aliphatic carbocycles. The van der Waals surface area contributed by atoms with Crippen LogP contribution in [0.4, 0.5) is 0 Å². The van der Waals surface area contributed by atoms with Crippen molar-refractivity contribution in [3.63, 3.8) is 0 Å². The summed E-state index contributed by atoms with van der Waals surface area (Å²) in [6.07, 6.45) is 5.66. The number of hydrogen-bond acceptors (Lipinski definition) is 4. The third kappa shape index (κ3) is 3.97. The molecule has 0 atom stereocenters. The van der Waals surface area contributed by atoms with Gasteiger partial charge in [0.15, 0.2) is 0 Å². The van der Waals surface area contributed by atoms with E-state index < -0.39 is 5.91 Å². The lowest BCUT2D eigenvalue weighted by molar-refractivity contribution is -0.117. The predicted octanol–water partition coefficient (Wildman–Crippen LogP) is 3.64. The second-order valence-corrected chi connectivity index (χ2v) is 6.91. The van der Waals surface area contributed by atoms with Crippen molar-refractivity contribution in [3.8, 4) is 0 Å². The summed E-state index contributed by atoms with van der Waals surface area (Å²) in [6.45, 7) is 4.03. The van der Waals surface area contributed by atoms with Gasteiger partial charge in [-0.3, -0.25) is 25.4 Å². The number of fused-ring (bicyclic) bond motifs is 1. The van der Waals surface area contributed by atoms with E-state index in [1.54, 1.807) is 12.3 Å². The second-order valence-electron chi connectivity index (χ2n) is 5.77. The van der Waals surface area contributed by atoms with Crippen LogP contribution in [0.25, 0.3) is 17.0 Å². The van der Waals surface area contributed by atoms with Gasteiger partial charge in [-0.2, -0.15) is 0 Å². The number of aromatic nitrogens is 1. The van der Waals surface area contributed by atoms with Crippen LogP contribution in [0.15, 0.2) is 48.7 Å². The van der Waals surface area contributed by atoms with Gasteiger partial charge in [-0.05, 0) is 37.1 Å². The fraction of sp³-hybridized carbons (Fsp3) is 0.150. The molecular formula is C20H19N3O2S. The van der Waals surface area contributed by atoms with Crippen LogP contribution in [-0.2, 0) is 11.2 Å². The van der Waals surface area contributed by atoms with Crippen LogP contribution < -0.4 is 10.9 Å². The molecule has 1 aromatic carbocycles. The Balaban J connectivity index is 1.63. The molecule has 0 aliphatic rings. The van der Waals surface area contributed by atoms with Crippen molar-refractivity contribution in [1.82, 2.24) is 15.8 Å². The molecule has 0 bridgehead atoms. The number of rotatable bonds is 4. The highest BCUT2D eigenvalue weighted by Crippen LogP contribution is 2.22. The van der Waals surface area contributed by atoms with Gasteiger partial charge in [-0.25, -0.2) is 0 Å². The van der Waals surface area contributed by atoms with E-state index in [1.807, 2.05) is 43.3 Å². The summed E-state index contributed by atoms with van der Waals surface area (Å²) in [5, 5.41) is 1.00. The monoisotopic (exact) mass is 365 g/mol. The van der Waals surface area contributed by atoms with Gasteiger partial charge >= 0.3 is 0 Å². The maximum atomic E-state index is 12.1. The number of para-hydroxylation sites is 1. The number of amides is 2. The summed E-state index contributed by atoms with van der Waals surface area (Å²) in [5.41, 5.74) is 7.61. The number of pyridine rings is 1. The van der Waals surface area contributed by atoms with E-state index >= 15 is 0 Å². The van der Waals surface area contributed by atoms with Gasteiger partial charge in [0, 0.05) is 28.1 Å². The number of aryl methyl sites for hydroxylation is 2. The van der Waals surface area contributed by atoms with E-state index in [0.29, 0.717) is 4.88 Å². The average molecular weight is 365 g/mol. The van der Waals surface area contributed by atoms with E-state index in [0.717, 1.165) is 28.5 Å². The molecule has 2 N–H and O–H groups in total. The molecule has 26 heavy (non-hydrogen) atoms. The van der Waals surface area contributed by atoms with Crippen LogP contribution in [0.5, 0.6) is 0 Å². The minimum absolute atomic E-state index is 0.314. The zero-order valence-electron chi connectivity index (χ0n) is 14.6. The number of hydrazine groups is 1. The quantitative estimate of drug-likeness (QED) is 0.548. The Morgan fingerprint density at radius 3 is 2.77 bits per heavy atom. The molecule has 0 aliphatic heterocycles. The van der Waals surface area contributed by atoms with Crippen LogP contribution in [-0.4, -0.2) is 16.8 Å². The predicted molar refractivity (Wildman–Crippen MR) is 105 cm³/mol. The minimum Gasteiger partial charge on any atom is -0.268 e. The first-order chi connectivity index (χ1) is 12.6. The lowest BCUT2D eigenvalue weighted by Crippen LogP contribution is -2.40. The van der Waals surface area contributed by atoms with Gasteiger partial charge < -0.3 is 0 Å². The molecule has 3 rings (SSSR count). The molecule has 5 nitrogen and oxygen atoms in total. The van der Waals surface area contributed by atoms with E-state index in [1.165, 1.54) is 22.3 Å². The van der Waals surface area contributed by atoms with Crippen LogP contribution in [0.2, 0.25) is 0 Å². The standard InChI is InChI=1S/C20H19N3O2S/c1-3-16-13(2)12-17(26-16)20(25)23-22-18(24)10-9-15-7-4-6-14-8-5-11-21-19(14)15/h4-12H,3H2,1-2H3,(H,22,24)(H,23,25)/b10-9+. The number of nitrogens with zero attached hydrogens (tertiary/aromatic N) is 1. The highest BCUT2D eigenvalue weighted by atomic mass is 32.1. The van der Waals surface area contributed by atoms with Crippen molar-refractivity contribution in [3.05, 3.63) is 69.6 Å². The Morgan fingerprint density at radius 2 is 2.00 bits per heavy atom. The maximum Gasteiger partial charge on any atom is 0.279 e. The minimum atomic E-state index is -0.407. The molecule has 0 fully saturated rings. The topological polar surface area (TPSA) is 71.1 Å². The van der Waals surface area contributed by atoms with Crippen molar-refractivity contribution < 1.29 is 9.59 Å². The summed E-state index contributed by atoms with van der Waals surface area (Å²) < 4.78 is 0. The third-order valence-corrected chi connectivity index (χ3v) is 5.32. The Morgan fingerprint density at radius 1 is 1.19 bits per heavy atom. The second kappa shape index (κ2) is 7.93. The van der Waals surface area contributed by atoms with E-state index in [4.69, 9.17) is 0 Å². The zero-order valence-corrected chi connectivity index (χ0v) is 15.4. The molecule has 0 radical (unpaired) electrons. The van der Waals surface area contributed by atoms with Gasteiger partial charge in [-0.15, -0.1) is 11.3 Å². The lowest BCUT2D eigenvalue weighted by atomic mass is 10.1. The molecule has 0 unspecified atom stereocenters. The SMILES string of the molecule is CCc1sc(C(=O)NNC(=O)/C=C/c2cccc3cccnc23)cc1C. The zero-order chi connectivity index (χ0) is 18.5. The molecule has 2 heterocycles. The van der Waals surface area contributed by atoms with Gasteiger partial charge in [-0.1, -0.05) is 31.2 Å². The average Bonchev–Trinajstić information content (AvgIpc) is 3.05. The number of hydrogen-bond donors (Lipinski definition) is 2. The highest BCUT2D eigenvalue weighted by molar-refractivity contribution is 7.14. The molecule has 0 saturated heterocycles. The Hall–Kier alpha value is -2.99. The summed E-state index contributed by atoms with van der Waals surface area (Å²) in [7, 11) is 0. The first-order valence-corrected chi connectivity index (χ1v) is 9.11. The molecule has 0 spiro atoms. The van der Waals surface area contributed by atoms with Crippen LogP contribution >= 0.6 is 11.3 Å². The van der Waals surface area contributed by atoms with Crippen LogP contribution in [0.1, 0.15) is 32.6 Å². The summed E-state index contributed by atoms with van der Waals surface area (Å²) in [4.78, 5) is 30.2. The largest absolute Gasteiger partial charge is 0.279 e. The number of thiophene rings is 1. The van der Waals surface area contributed by atoms with E-state index in [-0.39, 0.29) is 5.91 Å². The highest BCUT2D eigenvalue weighted by Gasteiger charge is 2.11. The van der Waals surface area contributed by atoms with Gasteiger partial charge in [0.2, 0.25) is 0 Å². The third-order valence-electron chi connectivity index (χ3n) is 3.94. The van der Waals surface area contributed by atoms with Crippen molar-refractivity contribution in [2.75, 3.05) is 0 Å². The molecule has 0 saturated carbocycles. The summed E-state index contributed by atoms with van der Waals surface area (Å²) in [5.74, 6) is -0.721. The Bertz CT molecular complexity index is 986. The summed E-state index contributed by atoms with van der Waals surface area (Å²) >= 11 is 1.44. The van der Waals surface area contributed by atoms with Crippen molar-refractivity contribution in [1.29, 1.82) is 0 Å². The van der Waals surface area contributed by atoms with Gasteiger partial charge in [0.25, 0.3) is 11.8 Å². The molecule has 2 aromatic heterocycles. The fourth-order valence-corrected chi connectivity index (χ4v) is 3.64. The van der Waals surface area contributed by atoms with E-state index in [9.17, 15) is 9.59 Å². The molecule has 2 amide bonds. The van der Waals surface area contributed by atoms with Gasteiger partial charge in [0.1, 0.15) is 0 Å². The number of carbonyl (C=O) groups excluding carboxylic acids is 2. The molecular weight excluding hydrogens is 346 g/mol. The van der Waals surface area contributed by atoms with Crippen molar-refractivity contribution in [2.24, 2.45) is 0 Å². The van der Waals surface area contributed by atoms with Gasteiger partial charge in [0.05, 0.1) is 10.4 Å². The fourth-order valence-electron chi connectivity index (χ4n) is 2.63. The van der Waals surface area contributed by atoms with E-state index in [2.05, 4.69) is 22.8 Å². The van der Waals surface area contributed by atoms with Crippen LogP contribution in [0, 0.1) is 6.92 Å². The molecule has 132 valence electrons. The normalized spacial score (nSPS) is 11.0. The number of nitrogens with one attached hydrogen (secondary N) is 2. The maximum absolute atomic E-state index is 12.1. The van der Waals surface area contributed by atoms with Crippen LogP contribution in [0.3, 0.4) is 0 Å². The molecule has 6 heteroatoms. The number of carbonyl (C=O) groups is 2. The Labute approximate surface area is 155 Å². The first-order valence-electron chi connectivity index (χ1n) is 8.30. The summed E-state index contributed by atoms with van der Waals surface area (Å²) in [6, 6.07) is 11.4. The number of benzene rings is 1. The molecule has 3 aromatic rings. The van der Waals surface area contributed by atoms with Crippen molar-refractivity contribution in [2.45, 2.75) is 20.3 Å².